The number of hydrogen-bond donors (Lipinski definition) is 0. The molecule has 0 saturated carbocycles. The molecule has 41 heavy (non-hydrogen) atoms. The minimum Gasteiger partial charge on any atom is -0.0654 e. The van der Waals surface area contributed by atoms with E-state index in [0.29, 0.717) is 0 Å². The first kappa shape index (κ1) is 33.7. The van der Waals surface area contributed by atoms with Crippen LogP contribution in [0.15, 0.2) is 42.5 Å². The topological polar surface area (TPSA) is 0 Å². The molecule has 0 heteroatoms. The summed E-state index contributed by atoms with van der Waals surface area (Å²) in [7, 11) is 0. The molecular formula is C41H64. The van der Waals surface area contributed by atoms with Gasteiger partial charge in [-0.1, -0.05) is 180 Å². The average Bonchev–Trinajstić information content (AvgIpc) is 2.99. The van der Waals surface area contributed by atoms with Crippen molar-refractivity contribution in [3.63, 3.8) is 0 Å². The molecule has 3 aromatic rings. The molecule has 0 unspecified atom stereocenters. The van der Waals surface area contributed by atoms with Crippen LogP contribution in [0, 0.1) is 0 Å². The second-order valence-corrected chi connectivity index (χ2v) is 13.7. The van der Waals surface area contributed by atoms with Gasteiger partial charge in [0.25, 0.3) is 0 Å². The zero-order valence-electron chi connectivity index (χ0n) is 27.9. The summed E-state index contributed by atoms with van der Waals surface area (Å²) in [5.74, 6) is 0. The van der Waals surface area contributed by atoms with Gasteiger partial charge in [-0.3, -0.25) is 0 Å². The maximum atomic E-state index is 2.59. The lowest BCUT2D eigenvalue weighted by Crippen LogP contribution is -2.15. The fourth-order valence-corrected chi connectivity index (χ4v) is 6.75. The Morgan fingerprint density at radius 2 is 0.829 bits per heavy atom. The normalized spacial score (nSPS) is 12.1. The molecule has 0 atom stereocenters. The molecule has 0 aromatic heterocycles. The van der Waals surface area contributed by atoms with Crippen LogP contribution in [0.3, 0.4) is 0 Å². The maximum Gasteiger partial charge on any atom is -0.0106 e. The molecule has 228 valence electrons. The second kappa shape index (κ2) is 18.7. The highest BCUT2D eigenvalue weighted by Crippen LogP contribution is 2.38. The third kappa shape index (κ3) is 10.4. The Kier molecular flexibility index (Phi) is 15.3. The van der Waals surface area contributed by atoms with Gasteiger partial charge < -0.3 is 0 Å². The zero-order valence-corrected chi connectivity index (χ0v) is 27.9. The Morgan fingerprint density at radius 3 is 1.27 bits per heavy atom. The second-order valence-electron chi connectivity index (χ2n) is 13.7. The van der Waals surface area contributed by atoms with Crippen LogP contribution in [-0.2, 0) is 18.3 Å². The number of aryl methyl sites for hydroxylation is 2. The van der Waals surface area contributed by atoms with Crippen LogP contribution in [0.4, 0.5) is 0 Å². The number of unbranched alkanes of at least 4 members (excludes halogenated alkanes) is 16. The minimum atomic E-state index is 0.215. The molecular weight excluding hydrogens is 492 g/mol. The Balaban J connectivity index is 1.76. The molecule has 0 N–H and O–H groups in total. The van der Waals surface area contributed by atoms with Crippen molar-refractivity contribution in [2.24, 2.45) is 0 Å². The maximum absolute atomic E-state index is 2.59. The van der Waals surface area contributed by atoms with E-state index in [-0.39, 0.29) is 5.41 Å². The molecule has 0 spiro atoms. The number of benzene rings is 3. The summed E-state index contributed by atoms with van der Waals surface area (Å²) in [5, 5.41) is 6.13. The van der Waals surface area contributed by atoms with Crippen LogP contribution in [0.2, 0.25) is 0 Å². The first-order valence-electron chi connectivity index (χ1n) is 18.0. The van der Waals surface area contributed by atoms with Crippen LogP contribution in [0.5, 0.6) is 0 Å². The lowest BCUT2D eigenvalue weighted by atomic mass is 9.79. The van der Waals surface area contributed by atoms with E-state index < -0.39 is 0 Å². The predicted octanol–water partition coefficient (Wildman–Crippen LogP) is 13.8. The van der Waals surface area contributed by atoms with Crippen molar-refractivity contribution in [3.05, 3.63) is 59.2 Å². The van der Waals surface area contributed by atoms with Crippen LogP contribution >= 0.6 is 0 Å². The molecule has 0 aliphatic carbocycles. The quantitative estimate of drug-likeness (QED) is 0.0852. The summed E-state index contributed by atoms with van der Waals surface area (Å²) in [6.45, 7) is 11.8. The van der Waals surface area contributed by atoms with Crippen molar-refractivity contribution >= 4 is 21.5 Å². The van der Waals surface area contributed by atoms with E-state index in [1.807, 2.05) is 0 Å². The van der Waals surface area contributed by atoms with Crippen LogP contribution in [0.1, 0.15) is 173 Å². The third-order valence-corrected chi connectivity index (χ3v) is 9.97. The highest BCUT2D eigenvalue weighted by molar-refractivity contribution is 6.06. The fraction of sp³-hybridized carbons (Fsp3) is 0.659. The average molecular weight is 557 g/mol. The molecule has 3 rings (SSSR count). The van der Waals surface area contributed by atoms with Gasteiger partial charge in [0.1, 0.15) is 0 Å². The van der Waals surface area contributed by atoms with Crippen molar-refractivity contribution in [2.75, 3.05) is 0 Å². The molecule has 0 heterocycles. The SMILES string of the molecule is CCCCCCCCCCCCc1c2ccccc2c(CCCCCCCCCC)c2cc(C(C)(C)CC)ccc12. The van der Waals surface area contributed by atoms with E-state index in [2.05, 4.69) is 77.1 Å². The number of hydrogen-bond acceptors (Lipinski definition) is 0. The Bertz CT molecular complexity index is 1130. The standard InChI is InChI=1S/C41H64/c1-6-9-11-13-15-17-18-20-21-23-27-37-35-29-25-26-30-36(35)38(28-24-22-19-16-14-12-10-7-2)40-33-34(31-32-39(37)40)41(4,5)8-3/h25-26,29-33H,6-24,27-28H2,1-5H3. The van der Waals surface area contributed by atoms with Gasteiger partial charge >= 0.3 is 0 Å². The highest BCUT2D eigenvalue weighted by Gasteiger charge is 2.21. The predicted molar refractivity (Wildman–Crippen MR) is 187 cm³/mol. The van der Waals surface area contributed by atoms with Crippen LogP contribution in [0.25, 0.3) is 21.5 Å². The number of fused-ring (bicyclic) bond motifs is 2. The summed E-state index contributed by atoms with van der Waals surface area (Å²) in [6.07, 6.45) is 28.6. The Hall–Kier alpha value is -1.82. The first-order chi connectivity index (χ1) is 20.0. The molecule has 0 saturated heterocycles. The van der Waals surface area contributed by atoms with Gasteiger partial charge in [0, 0.05) is 0 Å². The van der Waals surface area contributed by atoms with E-state index in [1.54, 1.807) is 16.5 Å². The molecule has 0 aliphatic heterocycles. The summed E-state index contributed by atoms with van der Waals surface area (Å²) in [5.41, 5.74) is 4.94. The van der Waals surface area contributed by atoms with Crippen LogP contribution < -0.4 is 0 Å². The monoisotopic (exact) mass is 557 g/mol. The summed E-state index contributed by atoms with van der Waals surface area (Å²) < 4.78 is 0. The van der Waals surface area contributed by atoms with Gasteiger partial charge in [-0.05, 0) is 75.8 Å². The first-order valence-corrected chi connectivity index (χ1v) is 18.0. The van der Waals surface area contributed by atoms with Gasteiger partial charge in [0.15, 0.2) is 0 Å². The fourth-order valence-electron chi connectivity index (χ4n) is 6.75. The molecule has 3 aromatic carbocycles. The van der Waals surface area contributed by atoms with Crippen molar-refractivity contribution in [3.8, 4) is 0 Å². The zero-order chi connectivity index (χ0) is 29.3. The molecule has 0 fully saturated rings. The molecule has 0 bridgehead atoms. The Labute approximate surface area is 255 Å². The highest BCUT2D eigenvalue weighted by atomic mass is 14.2. The molecule has 0 amide bonds. The molecule has 0 nitrogen and oxygen atoms in total. The van der Waals surface area contributed by atoms with Crippen LogP contribution in [-0.4, -0.2) is 0 Å². The summed E-state index contributed by atoms with van der Waals surface area (Å²) in [6, 6.07) is 16.9. The lowest BCUT2D eigenvalue weighted by Gasteiger charge is -2.25. The van der Waals surface area contributed by atoms with E-state index in [9.17, 15) is 0 Å². The minimum absolute atomic E-state index is 0.215. The van der Waals surface area contributed by atoms with Crippen molar-refractivity contribution in [1.29, 1.82) is 0 Å². The van der Waals surface area contributed by atoms with Gasteiger partial charge in [0.05, 0.1) is 0 Å². The van der Waals surface area contributed by atoms with E-state index >= 15 is 0 Å². The van der Waals surface area contributed by atoms with Gasteiger partial charge in [-0.2, -0.15) is 0 Å². The van der Waals surface area contributed by atoms with Crippen molar-refractivity contribution in [2.45, 2.75) is 175 Å². The van der Waals surface area contributed by atoms with Gasteiger partial charge in [-0.15, -0.1) is 0 Å². The van der Waals surface area contributed by atoms with E-state index in [0.717, 1.165) is 0 Å². The van der Waals surface area contributed by atoms with E-state index in [4.69, 9.17) is 0 Å². The lowest BCUT2D eigenvalue weighted by molar-refractivity contribution is 0.507. The molecule has 0 radical (unpaired) electrons. The smallest absolute Gasteiger partial charge is 0.0106 e. The molecule has 0 aliphatic rings. The summed E-state index contributed by atoms with van der Waals surface area (Å²) >= 11 is 0. The van der Waals surface area contributed by atoms with Gasteiger partial charge in [-0.25, -0.2) is 0 Å². The van der Waals surface area contributed by atoms with Crippen molar-refractivity contribution in [1.82, 2.24) is 0 Å². The Morgan fingerprint density at radius 1 is 0.439 bits per heavy atom. The summed E-state index contributed by atoms with van der Waals surface area (Å²) in [4.78, 5) is 0. The van der Waals surface area contributed by atoms with Crippen molar-refractivity contribution < 1.29 is 0 Å². The van der Waals surface area contributed by atoms with Gasteiger partial charge in [0.2, 0.25) is 0 Å². The largest absolute Gasteiger partial charge is 0.0654 e. The van der Waals surface area contributed by atoms with E-state index in [1.165, 1.54) is 157 Å². The third-order valence-electron chi connectivity index (χ3n) is 9.97. The number of rotatable bonds is 22.